The van der Waals surface area contributed by atoms with Crippen LogP contribution in [-0.2, 0) is 0 Å². The van der Waals surface area contributed by atoms with E-state index in [2.05, 4.69) is 48.1 Å². The third kappa shape index (κ3) is 4.08. The number of hydrogen-bond acceptors (Lipinski definition) is 6. The number of piperidine rings is 1. The van der Waals surface area contributed by atoms with Crippen molar-refractivity contribution in [2.45, 2.75) is 64.5 Å². The Hall–Kier alpha value is -3.33. The number of phenols is 1. The highest BCUT2D eigenvalue weighted by atomic mass is 19.1. The topological polar surface area (TPSA) is 93.2 Å². The van der Waals surface area contributed by atoms with Crippen molar-refractivity contribution in [3.05, 3.63) is 54.3 Å². The molecular formula is C24H28FN7O. The van der Waals surface area contributed by atoms with Gasteiger partial charge in [0.1, 0.15) is 23.7 Å². The number of phenolic OH excluding ortho intramolecular Hbond substituents is 1. The van der Waals surface area contributed by atoms with E-state index >= 15 is 4.39 Å². The van der Waals surface area contributed by atoms with E-state index in [0.29, 0.717) is 23.0 Å². The first-order valence-electron chi connectivity index (χ1n) is 11.1. The smallest absolute Gasteiger partial charge is 0.234 e. The standard InChI is InChI=1S/C24H28FN7O/c1-14-26-13-32(29-14)16-8-17(25)21(20(33)9-16)19-12-31-7-6-18(27-22(31)28-19)15-10-23(2,3)30-24(4,5)11-15/h6-9,12-13,15,30,33H,10-11H2,1-5H3. The maximum atomic E-state index is 15.1. The van der Waals surface area contributed by atoms with E-state index in [9.17, 15) is 5.11 Å². The SMILES string of the molecule is Cc1ncn(-c2cc(O)c(-c3cn4ccc(C5CC(C)(C)NC(C)(C)C5)nc4n3)c(F)c2)n1. The van der Waals surface area contributed by atoms with E-state index in [0.717, 1.165) is 18.5 Å². The lowest BCUT2D eigenvalue weighted by Gasteiger charge is -2.46. The molecule has 1 aliphatic heterocycles. The second-order valence-corrected chi connectivity index (χ2v) is 10.2. The van der Waals surface area contributed by atoms with Gasteiger partial charge in [-0.15, -0.1) is 0 Å². The van der Waals surface area contributed by atoms with Crippen molar-refractivity contribution in [1.82, 2.24) is 34.4 Å². The number of aromatic hydroxyl groups is 1. The summed E-state index contributed by atoms with van der Waals surface area (Å²) >= 11 is 0. The molecule has 0 amide bonds. The van der Waals surface area contributed by atoms with E-state index < -0.39 is 5.82 Å². The second kappa shape index (κ2) is 7.34. The number of aryl methyl sites for hydroxylation is 1. The molecule has 1 aromatic carbocycles. The van der Waals surface area contributed by atoms with Crippen molar-refractivity contribution in [1.29, 1.82) is 0 Å². The summed E-state index contributed by atoms with van der Waals surface area (Å²) in [6.07, 6.45) is 6.98. The fraction of sp³-hybridized carbons (Fsp3) is 0.417. The number of halogens is 1. The van der Waals surface area contributed by atoms with Crippen molar-refractivity contribution < 1.29 is 9.50 Å². The highest BCUT2D eigenvalue weighted by Crippen LogP contribution is 2.39. The molecule has 1 saturated heterocycles. The first-order valence-corrected chi connectivity index (χ1v) is 11.1. The number of rotatable bonds is 3. The van der Waals surface area contributed by atoms with Crippen LogP contribution in [0.3, 0.4) is 0 Å². The molecule has 172 valence electrons. The number of hydrogen-bond donors (Lipinski definition) is 2. The molecule has 0 bridgehead atoms. The molecule has 0 atom stereocenters. The van der Waals surface area contributed by atoms with E-state index in [1.807, 2.05) is 12.3 Å². The van der Waals surface area contributed by atoms with Gasteiger partial charge in [-0.1, -0.05) is 0 Å². The van der Waals surface area contributed by atoms with Crippen LogP contribution in [0.4, 0.5) is 4.39 Å². The monoisotopic (exact) mass is 449 g/mol. The number of benzene rings is 1. The average molecular weight is 450 g/mol. The Morgan fingerprint density at radius 2 is 1.85 bits per heavy atom. The molecule has 1 aliphatic rings. The Morgan fingerprint density at radius 1 is 1.12 bits per heavy atom. The number of aromatic nitrogens is 6. The summed E-state index contributed by atoms with van der Waals surface area (Å²) in [5, 5.41) is 18.5. The fourth-order valence-corrected chi connectivity index (χ4v) is 5.20. The first kappa shape index (κ1) is 21.5. The molecule has 1 fully saturated rings. The lowest BCUT2D eigenvalue weighted by atomic mass is 9.74. The van der Waals surface area contributed by atoms with Crippen LogP contribution in [0.5, 0.6) is 5.75 Å². The highest BCUT2D eigenvalue weighted by Gasteiger charge is 2.38. The average Bonchev–Trinajstić information content (AvgIpc) is 3.30. The molecule has 4 heterocycles. The molecule has 9 heteroatoms. The van der Waals surface area contributed by atoms with Crippen LogP contribution < -0.4 is 5.32 Å². The Bertz CT molecular complexity index is 1320. The van der Waals surface area contributed by atoms with Gasteiger partial charge in [0.15, 0.2) is 0 Å². The fourth-order valence-electron chi connectivity index (χ4n) is 5.20. The molecule has 2 N–H and O–H groups in total. The second-order valence-electron chi connectivity index (χ2n) is 10.2. The third-order valence-electron chi connectivity index (χ3n) is 6.14. The van der Waals surface area contributed by atoms with Gasteiger partial charge >= 0.3 is 0 Å². The van der Waals surface area contributed by atoms with Crippen LogP contribution in [-0.4, -0.2) is 45.3 Å². The molecular weight excluding hydrogens is 421 g/mol. The first-order chi connectivity index (χ1) is 15.5. The van der Waals surface area contributed by atoms with Gasteiger partial charge in [-0.2, -0.15) is 5.10 Å². The minimum absolute atomic E-state index is 0.000106. The zero-order valence-electron chi connectivity index (χ0n) is 19.5. The Balaban J connectivity index is 1.51. The van der Waals surface area contributed by atoms with Crippen LogP contribution in [0.2, 0.25) is 0 Å². The lowest BCUT2D eigenvalue weighted by molar-refractivity contribution is 0.160. The van der Waals surface area contributed by atoms with Crippen molar-refractivity contribution >= 4 is 5.78 Å². The van der Waals surface area contributed by atoms with Crippen LogP contribution in [0, 0.1) is 12.7 Å². The van der Waals surface area contributed by atoms with Crippen molar-refractivity contribution in [3.63, 3.8) is 0 Å². The van der Waals surface area contributed by atoms with Crippen LogP contribution in [0.15, 0.2) is 36.9 Å². The Kier molecular flexibility index (Phi) is 4.79. The summed E-state index contributed by atoms with van der Waals surface area (Å²) in [4.78, 5) is 13.4. The number of nitrogens with zero attached hydrogens (tertiary/aromatic N) is 6. The van der Waals surface area contributed by atoms with E-state index in [1.165, 1.54) is 23.1 Å². The third-order valence-corrected chi connectivity index (χ3v) is 6.14. The summed E-state index contributed by atoms with van der Waals surface area (Å²) in [6, 6.07) is 4.77. The van der Waals surface area contributed by atoms with Gasteiger partial charge in [0.2, 0.25) is 5.78 Å². The summed E-state index contributed by atoms with van der Waals surface area (Å²) in [6.45, 7) is 10.6. The predicted octanol–water partition coefficient (Wildman–Crippen LogP) is 4.15. The summed E-state index contributed by atoms with van der Waals surface area (Å²) in [7, 11) is 0. The minimum atomic E-state index is -0.594. The van der Waals surface area contributed by atoms with Crippen LogP contribution in [0.25, 0.3) is 22.7 Å². The van der Waals surface area contributed by atoms with Gasteiger partial charge in [-0.05, 0) is 53.5 Å². The number of fused-ring (bicyclic) bond motifs is 1. The minimum Gasteiger partial charge on any atom is -0.507 e. The molecule has 0 radical (unpaired) electrons. The molecule has 4 aromatic rings. The van der Waals surface area contributed by atoms with Gasteiger partial charge in [-0.25, -0.2) is 24.0 Å². The van der Waals surface area contributed by atoms with Crippen LogP contribution in [0.1, 0.15) is 58.0 Å². The zero-order valence-corrected chi connectivity index (χ0v) is 19.5. The molecule has 0 saturated carbocycles. The Labute approximate surface area is 191 Å². The maximum Gasteiger partial charge on any atom is 0.234 e. The molecule has 0 aliphatic carbocycles. The highest BCUT2D eigenvalue weighted by molar-refractivity contribution is 5.70. The van der Waals surface area contributed by atoms with E-state index in [1.54, 1.807) is 17.5 Å². The van der Waals surface area contributed by atoms with Crippen molar-refractivity contribution in [2.75, 3.05) is 0 Å². The van der Waals surface area contributed by atoms with E-state index in [-0.39, 0.29) is 28.3 Å². The maximum absolute atomic E-state index is 15.1. The molecule has 3 aromatic heterocycles. The lowest BCUT2D eigenvalue weighted by Crippen LogP contribution is -2.57. The molecule has 8 nitrogen and oxygen atoms in total. The summed E-state index contributed by atoms with van der Waals surface area (Å²) < 4.78 is 18.2. The van der Waals surface area contributed by atoms with Crippen molar-refractivity contribution in [3.8, 4) is 22.7 Å². The van der Waals surface area contributed by atoms with E-state index in [4.69, 9.17) is 4.98 Å². The van der Waals surface area contributed by atoms with Gasteiger partial charge in [-0.3, -0.25) is 4.40 Å². The number of imidazole rings is 1. The largest absolute Gasteiger partial charge is 0.507 e. The van der Waals surface area contributed by atoms with Gasteiger partial charge in [0.25, 0.3) is 0 Å². The molecule has 0 spiro atoms. The number of nitrogens with one attached hydrogen (secondary N) is 1. The normalized spacial score (nSPS) is 18.1. The molecule has 5 rings (SSSR count). The Morgan fingerprint density at radius 3 is 2.48 bits per heavy atom. The van der Waals surface area contributed by atoms with Gasteiger partial charge in [0, 0.05) is 47.2 Å². The summed E-state index contributed by atoms with van der Waals surface area (Å²) in [5.41, 5.74) is 1.72. The van der Waals surface area contributed by atoms with Gasteiger partial charge in [0.05, 0.1) is 16.9 Å². The predicted molar refractivity (Wildman–Crippen MR) is 123 cm³/mol. The molecule has 33 heavy (non-hydrogen) atoms. The quantitative estimate of drug-likeness (QED) is 0.488. The molecule has 0 unspecified atom stereocenters. The zero-order chi connectivity index (χ0) is 23.5. The van der Waals surface area contributed by atoms with Crippen molar-refractivity contribution in [2.24, 2.45) is 0 Å². The summed E-state index contributed by atoms with van der Waals surface area (Å²) in [5.74, 6) is 0.511. The van der Waals surface area contributed by atoms with Gasteiger partial charge < -0.3 is 10.4 Å². The van der Waals surface area contributed by atoms with Crippen LogP contribution >= 0.6 is 0 Å².